The van der Waals surface area contributed by atoms with E-state index in [0.29, 0.717) is 13.1 Å². The van der Waals surface area contributed by atoms with Crippen molar-refractivity contribution in [1.29, 1.82) is 0 Å². The van der Waals surface area contributed by atoms with Gasteiger partial charge in [-0.05, 0) is 27.7 Å². The summed E-state index contributed by atoms with van der Waals surface area (Å²) in [4.78, 5) is 21.6. The molecule has 0 bridgehead atoms. The molecule has 0 unspecified atom stereocenters. The molecule has 1 aromatic heterocycles. The van der Waals surface area contributed by atoms with Crippen LogP contribution in [0.2, 0.25) is 0 Å². The number of anilines is 1. The van der Waals surface area contributed by atoms with E-state index in [1.165, 1.54) is 6.33 Å². The first-order chi connectivity index (χ1) is 8.83. The van der Waals surface area contributed by atoms with Gasteiger partial charge in [0, 0.05) is 24.8 Å². The van der Waals surface area contributed by atoms with Gasteiger partial charge in [0.1, 0.15) is 17.7 Å². The largest absolute Gasteiger partial charge is 0.444 e. The second-order valence-corrected chi connectivity index (χ2v) is 5.77. The van der Waals surface area contributed by atoms with Crippen LogP contribution in [0.1, 0.15) is 26.5 Å². The van der Waals surface area contributed by atoms with E-state index in [2.05, 4.69) is 15.3 Å². The van der Waals surface area contributed by atoms with Crippen LogP contribution in [0.5, 0.6) is 0 Å². The van der Waals surface area contributed by atoms with Gasteiger partial charge in [0.15, 0.2) is 0 Å². The lowest BCUT2D eigenvalue weighted by Gasteiger charge is -2.40. The minimum absolute atomic E-state index is 0.224. The number of nitrogens with zero attached hydrogens (tertiary/aromatic N) is 3. The van der Waals surface area contributed by atoms with Crippen molar-refractivity contribution in [2.24, 2.45) is 0 Å². The number of rotatable bonds is 2. The van der Waals surface area contributed by atoms with E-state index in [1.54, 1.807) is 4.90 Å². The lowest BCUT2D eigenvalue weighted by molar-refractivity contribution is 0.0104. The molecule has 1 aliphatic heterocycles. The fraction of sp³-hybridized carbons (Fsp3) is 0.615. The van der Waals surface area contributed by atoms with Gasteiger partial charge in [-0.25, -0.2) is 14.8 Å². The van der Waals surface area contributed by atoms with E-state index in [-0.39, 0.29) is 12.1 Å². The zero-order chi connectivity index (χ0) is 14.0. The molecule has 1 aliphatic rings. The maximum atomic E-state index is 11.7. The number of aromatic nitrogens is 2. The molecule has 104 valence electrons. The summed E-state index contributed by atoms with van der Waals surface area (Å²) in [5.41, 5.74) is 0.472. The first-order valence-electron chi connectivity index (χ1n) is 6.36. The molecule has 2 heterocycles. The van der Waals surface area contributed by atoms with Crippen LogP contribution in [0.25, 0.3) is 0 Å². The summed E-state index contributed by atoms with van der Waals surface area (Å²) >= 11 is 0. The van der Waals surface area contributed by atoms with Crippen molar-refractivity contribution >= 4 is 11.9 Å². The highest BCUT2D eigenvalue weighted by Gasteiger charge is 2.33. The molecule has 1 saturated heterocycles. The van der Waals surface area contributed by atoms with E-state index in [4.69, 9.17) is 4.74 Å². The summed E-state index contributed by atoms with van der Waals surface area (Å²) in [5.74, 6) is 0.793. The van der Waals surface area contributed by atoms with Crippen LogP contribution in [0.3, 0.4) is 0 Å². The zero-order valence-corrected chi connectivity index (χ0v) is 11.8. The molecule has 0 atom stereocenters. The van der Waals surface area contributed by atoms with Crippen molar-refractivity contribution in [1.82, 2.24) is 14.9 Å². The Bertz CT molecular complexity index is 464. The highest BCUT2D eigenvalue weighted by Crippen LogP contribution is 2.17. The van der Waals surface area contributed by atoms with E-state index >= 15 is 0 Å². The molecule has 0 saturated carbocycles. The Kier molecular flexibility index (Phi) is 3.59. The Hall–Kier alpha value is -1.85. The number of likely N-dealkylation sites (tertiary alicyclic amines) is 1. The normalized spacial score (nSPS) is 15.9. The molecule has 19 heavy (non-hydrogen) atoms. The number of amides is 1. The third-order valence-corrected chi connectivity index (χ3v) is 2.69. The average Bonchev–Trinajstić information content (AvgIpc) is 2.20. The molecule has 6 heteroatoms. The van der Waals surface area contributed by atoms with Gasteiger partial charge in [-0.15, -0.1) is 0 Å². The summed E-state index contributed by atoms with van der Waals surface area (Å²) in [6, 6.07) is 2.11. The Balaban J connectivity index is 1.79. The number of carbonyl (C=O) groups is 1. The molecule has 0 aromatic carbocycles. The molecule has 2 rings (SSSR count). The van der Waals surface area contributed by atoms with E-state index < -0.39 is 5.60 Å². The fourth-order valence-electron chi connectivity index (χ4n) is 1.79. The quantitative estimate of drug-likeness (QED) is 0.882. The second-order valence-electron chi connectivity index (χ2n) is 5.77. The van der Waals surface area contributed by atoms with Gasteiger partial charge >= 0.3 is 6.09 Å². The van der Waals surface area contributed by atoms with Crippen LogP contribution in [-0.2, 0) is 4.74 Å². The average molecular weight is 264 g/mol. The smallest absolute Gasteiger partial charge is 0.410 e. The van der Waals surface area contributed by atoms with Crippen molar-refractivity contribution < 1.29 is 9.53 Å². The highest BCUT2D eigenvalue weighted by atomic mass is 16.6. The van der Waals surface area contributed by atoms with Crippen LogP contribution in [0, 0.1) is 6.92 Å². The summed E-state index contributed by atoms with van der Waals surface area (Å²) < 4.78 is 5.29. The Morgan fingerprint density at radius 2 is 2.11 bits per heavy atom. The maximum Gasteiger partial charge on any atom is 0.410 e. The van der Waals surface area contributed by atoms with Crippen molar-refractivity contribution in [2.75, 3.05) is 18.4 Å². The molecule has 1 N–H and O–H groups in total. The molecule has 0 spiro atoms. The van der Waals surface area contributed by atoms with Crippen LogP contribution in [0.15, 0.2) is 12.4 Å². The SMILES string of the molecule is Cc1cc(NC2CN(C(=O)OC(C)(C)C)C2)ncn1. The molecule has 1 fully saturated rings. The Labute approximate surface area is 113 Å². The molecule has 1 amide bonds. The fourth-order valence-corrected chi connectivity index (χ4v) is 1.79. The van der Waals surface area contributed by atoms with Crippen molar-refractivity contribution in [2.45, 2.75) is 39.3 Å². The van der Waals surface area contributed by atoms with Crippen LogP contribution in [0.4, 0.5) is 10.6 Å². The molecule has 0 aliphatic carbocycles. The number of hydrogen-bond donors (Lipinski definition) is 1. The van der Waals surface area contributed by atoms with Gasteiger partial charge < -0.3 is 15.0 Å². The van der Waals surface area contributed by atoms with Gasteiger partial charge in [0.25, 0.3) is 0 Å². The molecular formula is C13H20N4O2. The maximum absolute atomic E-state index is 11.7. The van der Waals surface area contributed by atoms with Gasteiger partial charge in [0.2, 0.25) is 0 Å². The van der Waals surface area contributed by atoms with Crippen molar-refractivity contribution in [3.05, 3.63) is 18.1 Å². The molecule has 6 nitrogen and oxygen atoms in total. The Morgan fingerprint density at radius 1 is 1.42 bits per heavy atom. The van der Waals surface area contributed by atoms with E-state index in [9.17, 15) is 4.79 Å². The summed E-state index contributed by atoms with van der Waals surface area (Å²) in [7, 11) is 0. The van der Waals surface area contributed by atoms with Crippen molar-refractivity contribution in [3.63, 3.8) is 0 Å². The second kappa shape index (κ2) is 5.03. The van der Waals surface area contributed by atoms with Crippen molar-refractivity contribution in [3.8, 4) is 0 Å². The monoisotopic (exact) mass is 264 g/mol. The zero-order valence-electron chi connectivity index (χ0n) is 11.8. The van der Waals surface area contributed by atoms with Gasteiger partial charge in [0.05, 0.1) is 6.04 Å². The number of hydrogen-bond acceptors (Lipinski definition) is 5. The minimum Gasteiger partial charge on any atom is -0.444 e. The number of carbonyl (C=O) groups excluding carboxylic acids is 1. The van der Waals surface area contributed by atoms with Crippen LogP contribution in [-0.4, -0.2) is 45.7 Å². The van der Waals surface area contributed by atoms with Crippen LogP contribution >= 0.6 is 0 Å². The Morgan fingerprint density at radius 3 is 2.68 bits per heavy atom. The lowest BCUT2D eigenvalue weighted by atomic mass is 10.1. The third kappa shape index (κ3) is 3.81. The van der Waals surface area contributed by atoms with Gasteiger partial charge in [-0.1, -0.05) is 0 Å². The first kappa shape index (κ1) is 13.6. The van der Waals surface area contributed by atoms with E-state index in [0.717, 1.165) is 11.5 Å². The van der Waals surface area contributed by atoms with Gasteiger partial charge in [-0.2, -0.15) is 0 Å². The first-order valence-corrected chi connectivity index (χ1v) is 6.36. The standard InChI is InChI=1S/C13H20N4O2/c1-9-5-11(15-8-14-9)16-10-6-17(7-10)12(18)19-13(2,3)4/h5,8,10H,6-7H2,1-4H3,(H,14,15,16). The number of ether oxygens (including phenoxy) is 1. The highest BCUT2D eigenvalue weighted by molar-refractivity contribution is 5.69. The number of nitrogens with one attached hydrogen (secondary N) is 1. The molecule has 1 aromatic rings. The summed E-state index contributed by atoms with van der Waals surface area (Å²) in [5, 5.41) is 3.27. The predicted octanol–water partition coefficient (Wildman–Crippen LogP) is 1.82. The van der Waals surface area contributed by atoms with E-state index in [1.807, 2.05) is 33.8 Å². The lowest BCUT2D eigenvalue weighted by Crippen LogP contribution is -2.58. The summed E-state index contributed by atoms with van der Waals surface area (Å²) in [6.07, 6.45) is 1.27. The third-order valence-electron chi connectivity index (χ3n) is 2.69. The summed E-state index contributed by atoms with van der Waals surface area (Å²) in [6.45, 7) is 8.79. The topological polar surface area (TPSA) is 67.4 Å². The van der Waals surface area contributed by atoms with Crippen LogP contribution < -0.4 is 5.32 Å². The number of aryl methyl sites for hydroxylation is 1. The molecular weight excluding hydrogens is 244 g/mol. The van der Waals surface area contributed by atoms with Gasteiger partial charge in [-0.3, -0.25) is 0 Å². The molecule has 0 radical (unpaired) electrons. The predicted molar refractivity (Wildman–Crippen MR) is 72.0 cm³/mol. The minimum atomic E-state index is -0.445.